The van der Waals surface area contributed by atoms with Gasteiger partial charge in [-0.25, -0.2) is 4.68 Å². The molecule has 1 aromatic carbocycles. The minimum atomic E-state index is -4.45. The number of aromatic nitrogens is 4. The van der Waals surface area contributed by atoms with Crippen LogP contribution in [0.15, 0.2) is 54.9 Å². The molecule has 3 rings (SSSR count). The van der Waals surface area contributed by atoms with Crippen LogP contribution in [0.25, 0.3) is 17.1 Å². The van der Waals surface area contributed by atoms with Crippen LogP contribution in [0.2, 0.25) is 0 Å². The van der Waals surface area contributed by atoms with Crippen LogP contribution in [-0.4, -0.2) is 20.0 Å². The molecule has 21 heavy (non-hydrogen) atoms. The molecule has 0 saturated carbocycles. The highest BCUT2D eigenvalue weighted by Gasteiger charge is 2.34. The van der Waals surface area contributed by atoms with Gasteiger partial charge in [-0.2, -0.15) is 13.2 Å². The number of benzene rings is 1. The zero-order chi connectivity index (χ0) is 14.9. The number of nitrogens with zero attached hydrogens (tertiary/aromatic N) is 4. The Kier molecular flexibility index (Phi) is 3.17. The first-order valence-electron chi connectivity index (χ1n) is 6.06. The zero-order valence-corrected chi connectivity index (χ0v) is 10.6. The Morgan fingerprint density at radius 2 is 1.67 bits per heavy atom. The van der Waals surface area contributed by atoms with Crippen molar-refractivity contribution in [2.45, 2.75) is 6.18 Å². The Balaban J connectivity index is 2.06. The van der Waals surface area contributed by atoms with Gasteiger partial charge in [0, 0.05) is 6.20 Å². The van der Waals surface area contributed by atoms with E-state index >= 15 is 0 Å². The average molecular weight is 290 g/mol. The molecule has 0 N–H and O–H groups in total. The minimum Gasteiger partial charge on any atom is -0.254 e. The lowest BCUT2D eigenvalue weighted by Crippen LogP contribution is -2.10. The fraction of sp³-hybridized carbons (Fsp3) is 0.0714. The van der Waals surface area contributed by atoms with Crippen LogP contribution in [0.1, 0.15) is 5.56 Å². The molecule has 0 radical (unpaired) electrons. The van der Waals surface area contributed by atoms with E-state index in [2.05, 4.69) is 15.3 Å². The quantitative estimate of drug-likeness (QED) is 0.727. The van der Waals surface area contributed by atoms with E-state index in [-0.39, 0.29) is 5.69 Å². The molecule has 0 atom stereocenters. The number of halogens is 3. The number of hydrogen-bond donors (Lipinski definition) is 0. The highest BCUT2D eigenvalue weighted by Crippen LogP contribution is 2.33. The van der Waals surface area contributed by atoms with Crippen molar-refractivity contribution in [3.8, 4) is 17.1 Å². The van der Waals surface area contributed by atoms with Gasteiger partial charge in [0.2, 0.25) is 0 Å². The smallest absolute Gasteiger partial charge is 0.254 e. The standard InChI is InChI=1S/C14H9F3N4/c15-14(16,17)10-5-1-2-7-13(10)21-9-12(19-20-21)11-6-3-4-8-18-11/h1-9H. The van der Waals surface area contributed by atoms with Crippen molar-refractivity contribution >= 4 is 0 Å². The average Bonchev–Trinajstić information content (AvgIpc) is 2.97. The summed E-state index contributed by atoms with van der Waals surface area (Å²) in [6.07, 6.45) is -1.45. The van der Waals surface area contributed by atoms with Crippen molar-refractivity contribution in [2.24, 2.45) is 0 Å². The summed E-state index contributed by atoms with van der Waals surface area (Å²) in [5.74, 6) is 0. The van der Waals surface area contributed by atoms with Crippen LogP contribution >= 0.6 is 0 Å². The predicted molar refractivity (Wildman–Crippen MR) is 69.6 cm³/mol. The first kappa shape index (κ1) is 13.3. The first-order valence-corrected chi connectivity index (χ1v) is 6.06. The second kappa shape index (κ2) is 5.01. The van der Waals surface area contributed by atoms with Crippen LogP contribution in [-0.2, 0) is 6.18 Å². The molecule has 7 heteroatoms. The number of rotatable bonds is 2. The Bertz CT molecular complexity index is 750. The molecule has 0 spiro atoms. The van der Waals surface area contributed by atoms with Crippen molar-refractivity contribution in [3.05, 3.63) is 60.4 Å². The molecular weight excluding hydrogens is 281 g/mol. The van der Waals surface area contributed by atoms with E-state index < -0.39 is 11.7 Å². The lowest BCUT2D eigenvalue weighted by atomic mass is 10.1. The fourth-order valence-corrected chi connectivity index (χ4v) is 1.93. The van der Waals surface area contributed by atoms with E-state index in [0.29, 0.717) is 11.4 Å². The topological polar surface area (TPSA) is 43.6 Å². The number of para-hydroxylation sites is 1. The molecule has 0 saturated heterocycles. The van der Waals surface area contributed by atoms with Gasteiger partial charge in [-0.3, -0.25) is 4.98 Å². The van der Waals surface area contributed by atoms with Crippen molar-refractivity contribution in [1.29, 1.82) is 0 Å². The summed E-state index contributed by atoms with van der Waals surface area (Å²) in [4.78, 5) is 4.09. The summed E-state index contributed by atoms with van der Waals surface area (Å²) >= 11 is 0. The molecular formula is C14H9F3N4. The summed E-state index contributed by atoms with van der Waals surface area (Å²) in [5.41, 5.74) is 0.128. The summed E-state index contributed by atoms with van der Waals surface area (Å²) in [6.45, 7) is 0. The van der Waals surface area contributed by atoms with Crippen LogP contribution in [0, 0.1) is 0 Å². The van der Waals surface area contributed by atoms with Gasteiger partial charge in [-0.05, 0) is 24.3 Å². The molecule has 0 unspecified atom stereocenters. The molecule has 4 nitrogen and oxygen atoms in total. The molecule has 0 amide bonds. The van der Waals surface area contributed by atoms with Crippen molar-refractivity contribution in [1.82, 2.24) is 20.0 Å². The molecule has 2 heterocycles. The highest BCUT2D eigenvalue weighted by molar-refractivity contribution is 5.53. The van der Waals surface area contributed by atoms with E-state index in [1.165, 1.54) is 24.4 Å². The molecule has 0 bridgehead atoms. The normalized spacial score (nSPS) is 11.6. The SMILES string of the molecule is FC(F)(F)c1ccccc1-n1cc(-c2ccccn2)nn1. The Morgan fingerprint density at radius 3 is 2.38 bits per heavy atom. The van der Waals surface area contributed by atoms with E-state index in [4.69, 9.17) is 0 Å². The first-order chi connectivity index (χ1) is 10.1. The van der Waals surface area contributed by atoms with Crippen LogP contribution in [0.5, 0.6) is 0 Å². The molecule has 0 fully saturated rings. The van der Waals surface area contributed by atoms with E-state index in [1.807, 2.05) is 0 Å². The molecule has 3 aromatic rings. The third-order valence-electron chi connectivity index (χ3n) is 2.88. The molecule has 0 aliphatic carbocycles. The predicted octanol–water partition coefficient (Wildman–Crippen LogP) is 3.35. The Hall–Kier alpha value is -2.70. The van der Waals surface area contributed by atoms with Crippen molar-refractivity contribution in [2.75, 3.05) is 0 Å². The maximum Gasteiger partial charge on any atom is 0.418 e. The van der Waals surface area contributed by atoms with Gasteiger partial charge in [0.05, 0.1) is 23.1 Å². The molecule has 106 valence electrons. The van der Waals surface area contributed by atoms with Gasteiger partial charge >= 0.3 is 6.18 Å². The summed E-state index contributed by atoms with van der Waals surface area (Å²) < 4.78 is 40.1. The van der Waals surface area contributed by atoms with Crippen molar-refractivity contribution in [3.63, 3.8) is 0 Å². The summed E-state index contributed by atoms with van der Waals surface area (Å²) in [7, 11) is 0. The van der Waals surface area contributed by atoms with Gasteiger partial charge in [0.15, 0.2) is 0 Å². The minimum absolute atomic E-state index is 0.0697. The lowest BCUT2D eigenvalue weighted by Gasteiger charge is -2.11. The van der Waals surface area contributed by atoms with Crippen molar-refractivity contribution < 1.29 is 13.2 Å². The zero-order valence-electron chi connectivity index (χ0n) is 10.6. The number of hydrogen-bond acceptors (Lipinski definition) is 3. The number of pyridine rings is 1. The van der Waals surface area contributed by atoms with Gasteiger partial charge in [0.1, 0.15) is 5.69 Å². The summed E-state index contributed by atoms with van der Waals surface area (Å²) in [5, 5.41) is 7.63. The third kappa shape index (κ3) is 2.62. The monoisotopic (exact) mass is 290 g/mol. The maximum atomic E-state index is 13.0. The fourth-order valence-electron chi connectivity index (χ4n) is 1.93. The van der Waals surface area contributed by atoms with E-state index in [0.717, 1.165) is 10.7 Å². The maximum absolute atomic E-state index is 13.0. The number of alkyl halides is 3. The second-order valence-electron chi connectivity index (χ2n) is 4.28. The van der Waals surface area contributed by atoms with Crippen LogP contribution in [0.3, 0.4) is 0 Å². The van der Waals surface area contributed by atoms with Gasteiger partial charge in [0.25, 0.3) is 0 Å². The Labute approximate surface area is 117 Å². The largest absolute Gasteiger partial charge is 0.418 e. The van der Waals surface area contributed by atoms with E-state index in [9.17, 15) is 13.2 Å². The van der Waals surface area contributed by atoms with Crippen LogP contribution < -0.4 is 0 Å². The molecule has 0 aliphatic rings. The van der Waals surface area contributed by atoms with E-state index in [1.54, 1.807) is 24.4 Å². The van der Waals surface area contributed by atoms with Gasteiger partial charge in [-0.15, -0.1) is 5.10 Å². The summed E-state index contributed by atoms with van der Waals surface area (Å²) in [6, 6.07) is 10.4. The van der Waals surface area contributed by atoms with Gasteiger partial charge < -0.3 is 0 Å². The third-order valence-corrected chi connectivity index (χ3v) is 2.88. The lowest BCUT2D eigenvalue weighted by molar-refractivity contribution is -0.137. The second-order valence-corrected chi connectivity index (χ2v) is 4.28. The molecule has 0 aliphatic heterocycles. The van der Waals surface area contributed by atoms with Gasteiger partial charge in [-0.1, -0.05) is 23.4 Å². The van der Waals surface area contributed by atoms with Crippen LogP contribution in [0.4, 0.5) is 13.2 Å². The highest BCUT2D eigenvalue weighted by atomic mass is 19.4. The molecule has 2 aromatic heterocycles. The Morgan fingerprint density at radius 1 is 0.905 bits per heavy atom.